The first-order valence-corrected chi connectivity index (χ1v) is 10.7. The van der Waals surface area contributed by atoms with Crippen LogP contribution in [0.3, 0.4) is 0 Å². The van der Waals surface area contributed by atoms with Crippen LogP contribution in [0.15, 0.2) is 41.8 Å². The van der Waals surface area contributed by atoms with Gasteiger partial charge in [-0.2, -0.15) is 4.31 Å². The van der Waals surface area contributed by atoms with Crippen LogP contribution in [0.1, 0.15) is 33.3 Å². The van der Waals surface area contributed by atoms with Gasteiger partial charge < -0.3 is 5.32 Å². The van der Waals surface area contributed by atoms with Crippen molar-refractivity contribution in [2.75, 3.05) is 32.7 Å². The Kier molecular flexibility index (Phi) is 6.83. The van der Waals surface area contributed by atoms with Gasteiger partial charge in [-0.15, -0.1) is 6.58 Å². The lowest BCUT2D eigenvalue weighted by molar-refractivity contribution is -0.126. The van der Waals surface area contributed by atoms with E-state index in [1.807, 2.05) is 24.0 Å². The van der Waals surface area contributed by atoms with Gasteiger partial charge in [-0.1, -0.05) is 39.0 Å². The number of carbonyl (C=O) groups excluding carboxylic acids is 1. The van der Waals surface area contributed by atoms with Crippen molar-refractivity contribution in [1.29, 1.82) is 0 Å². The summed E-state index contributed by atoms with van der Waals surface area (Å²) in [6.07, 6.45) is 1.64. The second-order valence-corrected chi connectivity index (χ2v) is 9.86. The van der Waals surface area contributed by atoms with Crippen LogP contribution in [0.4, 0.5) is 0 Å². The molecule has 2 rings (SSSR count). The van der Waals surface area contributed by atoms with Crippen molar-refractivity contribution in [1.82, 2.24) is 14.5 Å². The predicted molar refractivity (Wildman–Crippen MR) is 108 cm³/mol. The summed E-state index contributed by atoms with van der Waals surface area (Å²) < 4.78 is 27.3. The maximum absolute atomic E-state index is 12.9. The van der Waals surface area contributed by atoms with Crippen LogP contribution < -0.4 is 5.32 Å². The van der Waals surface area contributed by atoms with Gasteiger partial charge in [0.15, 0.2) is 0 Å². The number of benzene rings is 1. The van der Waals surface area contributed by atoms with Crippen molar-refractivity contribution in [2.45, 2.75) is 44.0 Å². The Morgan fingerprint density at radius 2 is 1.74 bits per heavy atom. The summed E-state index contributed by atoms with van der Waals surface area (Å²) >= 11 is 0. The standard InChI is InChI=1S/C20H31N3O3S/c1-6-11-21-19(24)16(2)22-12-14-23(15-13-22)27(25,26)18-9-7-17(8-10-18)20(3,4)5/h6-10,16H,1,11-15H2,2-5H3,(H,21,24). The Labute approximate surface area is 163 Å². The van der Waals surface area contributed by atoms with Crippen molar-refractivity contribution in [3.05, 3.63) is 42.5 Å². The van der Waals surface area contributed by atoms with E-state index in [2.05, 4.69) is 32.7 Å². The molecule has 0 spiro atoms. The minimum absolute atomic E-state index is 0.0176. The van der Waals surface area contributed by atoms with E-state index in [1.165, 1.54) is 4.31 Å². The molecule has 1 heterocycles. The van der Waals surface area contributed by atoms with Gasteiger partial charge in [0.2, 0.25) is 15.9 Å². The largest absolute Gasteiger partial charge is 0.351 e. The van der Waals surface area contributed by atoms with E-state index >= 15 is 0 Å². The third-order valence-electron chi connectivity index (χ3n) is 4.98. The van der Waals surface area contributed by atoms with Gasteiger partial charge in [0.05, 0.1) is 10.9 Å². The lowest BCUT2D eigenvalue weighted by atomic mass is 9.87. The van der Waals surface area contributed by atoms with Gasteiger partial charge in [0, 0.05) is 32.7 Å². The van der Waals surface area contributed by atoms with E-state index in [4.69, 9.17) is 0 Å². The Bertz CT molecular complexity index is 759. The smallest absolute Gasteiger partial charge is 0.243 e. The van der Waals surface area contributed by atoms with Crippen molar-refractivity contribution in [2.24, 2.45) is 0 Å². The van der Waals surface area contributed by atoms with Crippen molar-refractivity contribution in [3.63, 3.8) is 0 Å². The number of nitrogens with one attached hydrogen (secondary N) is 1. The number of amides is 1. The molecule has 1 aromatic carbocycles. The van der Waals surface area contributed by atoms with Crippen LogP contribution in [0.2, 0.25) is 0 Å². The lowest BCUT2D eigenvalue weighted by Crippen LogP contribution is -2.54. The minimum atomic E-state index is -3.51. The summed E-state index contributed by atoms with van der Waals surface area (Å²) in [5.41, 5.74) is 1.08. The second kappa shape index (κ2) is 8.54. The van der Waals surface area contributed by atoms with E-state index in [0.29, 0.717) is 37.6 Å². The Hall–Kier alpha value is -1.70. The molecule has 1 fully saturated rings. The SMILES string of the molecule is C=CCNC(=O)C(C)N1CCN(S(=O)(=O)c2ccc(C(C)(C)C)cc2)CC1. The summed E-state index contributed by atoms with van der Waals surface area (Å²) in [4.78, 5) is 14.4. The van der Waals surface area contributed by atoms with E-state index < -0.39 is 10.0 Å². The molecule has 1 aliphatic rings. The molecule has 27 heavy (non-hydrogen) atoms. The fraction of sp³-hybridized carbons (Fsp3) is 0.550. The van der Waals surface area contributed by atoms with Crippen LogP contribution in [0, 0.1) is 0 Å². The number of hydrogen-bond donors (Lipinski definition) is 1. The summed E-state index contributed by atoms with van der Waals surface area (Å²) in [5, 5.41) is 2.78. The number of nitrogens with zero attached hydrogens (tertiary/aromatic N) is 2. The average molecular weight is 394 g/mol. The Balaban J connectivity index is 2.02. The zero-order chi connectivity index (χ0) is 20.2. The Morgan fingerprint density at radius 3 is 2.22 bits per heavy atom. The molecule has 1 N–H and O–H groups in total. The quantitative estimate of drug-likeness (QED) is 0.751. The maximum Gasteiger partial charge on any atom is 0.243 e. The third-order valence-corrected chi connectivity index (χ3v) is 6.89. The summed E-state index contributed by atoms with van der Waals surface area (Å²) in [7, 11) is -3.51. The highest BCUT2D eigenvalue weighted by Crippen LogP contribution is 2.25. The topological polar surface area (TPSA) is 69.7 Å². The van der Waals surface area contributed by atoms with E-state index in [0.717, 1.165) is 5.56 Å². The number of rotatable bonds is 6. The summed E-state index contributed by atoms with van der Waals surface area (Å²) in [6, 6.07) is 6.85. The zero-order valence-electron chi connectivity index (χ0n) is 16.7. The number of hydrogen-bond acceptors (Lipinski definition) is 4. The molecule has 1 amide bonds. The molecule has 1 unspecified atom stereocenters. The molecule has 150 valence electrons. The first-order valence-electron chi connectivity index (χ1n) is 9.30. The van der Waals surface area contributed by atoms with Gasteiger partial charge in [-0.05, 0) is 30.0 Å². The fourth-order valence-corrected chi connectivity index (χ4v) is 4.52. The predicted octanol–water partition coefficient (Wildman–Crippen LogP) is 1.98. The van der Waals surface area contributed by atoms with Gasteiger partial charge in [-0.3, -0.25) is 9.69 Å². The molecule has 7 heteroatoms. The van der Waals surface area contributed by atoms with E-state index in [1.54, 1.807) is 18.2 Å². The highest BCUT2D eigenvalue weighted by atomic mass is 32.2. The number of carbonyl (C=O) groups is 1. The normalized spacial score (nSPS) is 18.1. The molecule has 1 atom stereocenters. The maximum atomic E-state index is 12.9. The highest BCUT2D eigenvalue weighted by molar-refractivity contribution is 7.89. The van der Waals surface area contributed by atoms with Gasteiger partial charge in [-0.25, -0.2) is 8.42 Å². The van der Waals surface area contributed by atoms with Crippen LogP contribution in [-0.2, 0) is 20.2 Å². The number of piperazine rings is 1. The van der Waals surface area contributed by atoms with Gasteiger partial charge in [0.1, 0.15) is 0 Å². The molecule has 0 bridgehead atoms. The first kappa shape index (κ1) is 21.6. The monoisotopic (exact) mass is 393 g/mol. The summed E-state index contributed by atoms with van der Waals surface area (Å²) in [6.45, 7) is 14.0. The van der Waals surface area contributed by atoms with Crippen LogP contribution >= 0.6 is 0 Å². The first-order chi connectivity index (χ1) is 12.6. The van der Waals surface area contributed by atoms with Crippen LogP contribution in [0.5, 0.6) is 0 Å². The van der Waals surface area contributed by atoms with Crippen molar-refractivity contribution in [3.8, 4) is 0 Å². The zero-order valence-corrected chi connectivity index (χ0v) is 17.6. The summed E-state index contributed by atoms with van der Waals surface area (Å²) in [5.74, 6) is -0.0658. The minimum Gasteiger partial charge on any atom is -0.351 e. The molecule has 1 saturated heterocycles. The highest BCUT2D eigenvalue weighted by Gasteiger charge is 2.31. The molecule has 0 aliphatic carbocycles. The van der Waals surface area contributed by atoms with Crippen LogP contribution in [-0.4, -0.2) is 62.3 Å². The third kappa shape index (κ3) is 5.18. The van der Waals surface area contributed by atoms with E-state index in [-0.39, 0.29) is 17.4 Å². The molecule has 0 radical (unpaired) electrons. The molecule has 1 aliphatic heterocycles. The lowest BCUT2D eigenvalue weighted by Gasteiger charge is -2.36. The average Bonchev–Trinajstić information content (AvgIpc) is 2.65. The Morgan fingerprint density at radius 1 is 1.19 bits per heavy atom. The molecule has 6 nitrogen and oxygen atoms in total. The molecular formula is C20H31N3O3S. The van der Waals surface area contributed by atoms with Crippen molar-refractivity contribution >= 4 is 15.9 Å². The van der Waals surface area contributed by atoms with E-state index in [9.17, 15) is 13.2 Å². The van der Waals surface area contributed by atoms with Gasteiger partial charge >= 0.3 is 0 Å². The fourth-order valence-electron chi connectivity index (χ4n) is 3.09. The molecule has 0 saturated carbocycles. The molecular weight excluding hydrogens is 362 g/mol. The van der Waals surface area contributed by atoms with Crippen molar-refractivity contribution < 1.29 is 13.2 Å². The number of sulfonamides is 1. The second-order valence-electron chi connectivity index (χ2n) is 7.92. The molecule has 0 aromatic heterocycles. The molecule has 1 aromatic rings. The van der Waals surface area contributed by atoms with Gasteiger partial charge in [0.25, 0.3) is 0 Å². The van der Waals surface area contributed by atoms with Crippen LogP contribution in [0.25, 0.3) is 0 Å².